The summed E-state index contributed by atoms with van der Waals surface area (Å²) in [5.41, 5.74) is 16.4. The first-order valence-corrected chi connectivity index (χ1v) is 15.0. The van der Waals surface area contributed by atoms with E-state index in [1.54, 1.807) is 0 Å². The van der Waals surface area contributed by atoms with Gasteiger partial charge < -0.3 is 0 Å². The maximum absolute atomic E-state index is 2.44. The minimum atomic E-state index is 1.21. The molecular formula is C43H34. The minimum absolute atomic E-state index is 1.21. The van der Waals surface area contributed by atoms with E-state index < -0.39 is 0 Å². The molecule has 0 N–H and O–H groups in total. The topological polar surface area (TPSA) is 0 Å². The molecule has 0 aliphatic carbocycles. The summed E-state index contributed by atoms with van der Waals surface area (Å²) in [5, 5.41) is 2.51. The fraction of sp³-hybridized carbons (Fsp3) is 0.0698. The predicted octanol–water partition coefficient (Wildman–Crippen LogP) is 12.1. The number of hydrogen-bond donors (Lipinski definition) is 0. The molecule has 0 nitrogen and oxygen atoms in total. The van der Waals surface area contributed by atoms with Gasteiger partial charge in [0.05, 0.1) is 0 Å². The molecule has 0 heteroatoms. The highest BCUT2D eigenvalue weighted by atomic mass is 14.3. The molecule has 0 saturated heterocycles. The SMILES string of the molecule is Cc1ccccc1-c1c(-c2ccccc2)cc(-c2ccccc2)c(-c2cccc3ccccc23)c1-c1cccc(C)c1C. The molecule has 0 aliphatic heterocycles. The molecule has 7 rings (SSSR count). The van der Waals surface area contributed by atoms with Gasteiger partial charge in [-0.05, 0) is 110 Å². The summed E-state index contributed by atoms with van der Waals surface area (Å²) in [6.07, 6.45) is 0. The zero-order chi connectivity index (χ0) is 29.3. The van der Waals surface area contributed by atoms with Crippen molar-refractivity contribution in [2.24, 2.45) is 0 Å². The second-order valence-electron chi connectivity index (χ2n) is 11.4. The van der Waals surface area contributed by atoms with E-state index in [-0.39, 0.29) is 0 Å². The van der Waals surface area contributed by atoms with Crippen LogP contribution in [-0.4, -0.2) is 0 Å². The molecule has 7 aromatic carbocycles. The largest absolute Gasteiger partial charge is 0.0622 e. The van der Waals surface area contributed by atoms with Gasteiger partial charge in [0, 0.05) is 0 Å². The molecule has 43 heavy (non-hydrogen) atoms. The van der Waals surface area contributed by atoms with Crippen molar-refractivity contribution in [3.8, 4) is 55.6 Å². The van der Waals surface area contributed by atoms with Crippen LogP contribution in [0.1, 0.15) is 16.7 Å². The zero-order valence-corrected chi connectivity index (χ0v) is 24.9. The summed E-state index contributed by atoms with van der Waals surface area (Å²) in [6.45, 7) is 6.74. The molecule has 0 unspecified atom stereocenters. The van der Waals surface area contributed by atoms with Crippen molar-refractivity contribution in [3.63, 3.8) is 0 Å². The lowest BCUT2D eigenvalue weighted by Gasteiger charge is -2.27. The van der Waals surface area contributed by atoms with E-state index in [2.05, 4.69) is 172 Å². The average molecular weight is 551 g/mol. The van der Waals surface area contributed by atoms with Crippen LogP contribution in [0.25, 0.3) is 66.4 Å². The molecule has 0 aromatic heterocycles. The first-order chi connectivity index (χ1) is 21.1. The third kappa shape index (κ3) is 4.76. The van der Waals surface area contributed by atoms with E-state index in [9.17, 15) is 0 Å². The van der Waals surface area contributed by atoms with E-state index in [1.807, 2.05) is 0 Å². The quantitative estimate of drug-likeness (QED) is 0.200. The average Bonchev–Trinajstić information content (AvgIpc) is 3.06. The highest BCUT2D eigenvalue weighted by molar-refractivity contribution is 6.12. The smallest absolute Gasteiger partial charge is 0.00112 e. The lowest BCUT2D eigenvalue weighted by Crippen LogP contribution is -2.01. The van der Waals surface area contributed by atoms with Crippen LogP contribution in [0.2, 0.25) is 0 Å². The van der Waals surface area contributed by atoms with Crippen LogP contribution in [0, 0.1) is 20.8 Å². The number of rotatable bonds is 5. The van der Waals surface area contributed by atoms with Crippen molar-refractivity contribution in [1.82, 2.24) is 0 Å². The Balaban J connectivity index is 1.78. The van der Waals surface area contributed by atoms with Crippen LogP contribution in [-0.2, 0) is 0 Å². The van der Waals surface area contributed by atoms with Crippen molar-refractivity contribution in [2.45, 2.75) is 20.8 Å². The maximum Gasteiger partial charge on any atom is -0.00112 e. The molecule has 0 bridgehead atoms. The van der Waals surface area contributed by atoms with Gasteiger partial charge in [0.2, 0.25) is 0 Å². The van der Waals surface area contributed by atoms with Crippen molar-refractivity contribution >= 4 is 10.8 Å². The van der Waals surface area contributed by atoms with Crippen LogP contribution in [0.5, 0.6) is 0 Å². The summed E-state index contributed by atoms with van der Waals surface area (Å²) < 4.78 is 0. The highest BCUT2D eigenvalue weighted by Gasteiger charge is 2.26. The molecule has 0 amide bonds. The third-order valence-corrected chi connectivity index (χ3v) is 8.84. The highest BCUT2D eigenvalue weighted by Crippen LogP contribution is 2.52. The molecular weight excluding hydrogens is 516 g/mol. The maximum atomic E-state index is 2.44. The summed E-state index contributed by atoms with van der Waals surface area (Å²) in [6, 6.07) is 55.3. The van der Waals surface area contributed by atoms with E-state index in [4.69, 9.17) is 0 Å². The summed E-state index contributed by atoms with van der Waals surface area (Å²) in [5.74, 6) is 0. The van der Waals surface area contributed by atoms with Crippen LogP contribution in [0.15, 0.2) is 152 Å². The predicted molar refractivity (Wildman–Crippen MR) is 185 cm³/mol. The normalized spacial score (nSPS) is 11.1. The second-order valence-corrected chi connectivity index (χ2v) is 11.4. The zero-order valence-electron chi connectivity index (χ0n) is 24.9. The Morgan fingerprint density at radius 2 is 0.814 bits per heavy atom. The molecule has 0 aliphatic rings. The number of aryl methyl sites for hydroxylation is 2. The Morgan fingerprint density at radius 3 is 1.51 bits per heavy atom. The first-order valence-electron chi connectivity index (χ1n) is 15.0. The standard InChI is InChI=1S/C43H34/c1-29-17-14-26-36(31(29)3)43-41(35-24-12-10-16-30(35)2)39(33-18-6-4-7-19-33)28-40(34-20-8-5-9-21-34)42(43)38-27-15-23-32-22-11-13-25-37(32)38/h4-28H,1-3H3. The minimum Gasteiger partial charge on any atom is -0.0622 e. The van der Waals surface area contributed by atoms with Crippen molar-refractivity contribution in [1.29, 1.82) is 0 Å². The van der Waals surface area contributed by atoms with Gasteiger partial charge in [-0.2, -0.15) is 0 Å². The van der Waals surface area contributed by atoms with Crippen molar-refractivity contribution in [3.05, 3.63) is 168 Å². The van der Waals surface area contributed by atoms with E-state index >= 15 is 0 Å². The molecule has 0 fully saturated rings. The molecule has 0 heterocycles. The van der Waals surface area contributed by atoms with Crippen LogP contribution < -0.4 is 0 Å². The van der Waals surface area contributed by atoms with Gasteiger partial charge in [-0.15, -0.1) is 0 Å². The first kappa shape index (κ1) is 26.7. The van der Waals surface area contributed by atoms with Gasteiger partial charge in [0.1, 0.15) is 0 Å². The molecule has 0 saturated carbocycles. The molecule has 0 atom stereocenters. The lowest BCUT2D eigenvalue weighted by atomic mass is 9.76. The van der Waals surface area contributed by atoms with Crippen molar-refractivity contribution < 1.29 is 0 Å². The number of fused-ring (bicyclic) bond motifs is 1. The Labute approximate surface area is 254 Å². The fourth-order valence-electron chi connectivity index (χ4n) is 6.52. The van der Waals surface area contributed by atoms with E-state index in [0.717, 1.165) is 0 Å². The second kappa shape index (κ2) is 11.2. The van der Waals surface area contributed by atoms with E-state index in [0.29, 0.717) is 0 Å². The monoisotopic (exact) mass is 550 g/mol. The van der Waals surface area contributed by atoms with Crippen LogP contribution in [0.4, 0.5) is 0 Å². The van der Waals surface area contributed by atoms with Gasteiger partial charge in [0.15, 0.2) is 0 Å². The summed E-state index contributed by atoms with van der Waals surface area (Å²) in [4.78, 5) is 0. The molecule has 0 spiro atoms. The Morgan fingerprint density at radius 1 is 0.326 bits per heavy atom. The molecule has 206 valence electrons. The van der Waals surface area contributed by atoms with Gasteiger partial charge in [-0.3, -0.25) is 0 Å². The van der Waals surface area contributed by atoms with Crippen LogP contribution in [0.3, 0.4) is 0 Å². The number of benzene rings is 7. The number of hydrogen-bond acceptors (Lipinski definition) is 0. The summed E-state index contributed by atoms with van der Waals surface area (Å²) in [7, 11) is 0. The van der Waals surface area contributed by atoms with Gasteiger partial charge >= 0.3 is 0 Å². The Kier molecular flexibility index (Phi) is 6.97. The van der Waals surface area contributed by atoms with Crippen LogP contribution >= 0.6 is 0 Å². The Bertz CT molecular complexity index is 2080. The fourth-order valence-corrected chi connectivity index (χ4v) is 6.52. The van der Waals surface area contributed by atoms with E-state index in [1.165, 1.54) is 83.1 Å². The van der Waals surface area contributed by atoms with Gasteiger partial charge in [0.25, 0.3) is 0 Å². The van der Waals surface area contributed by atoms with Gasteiger partial charge in [-0.25, -0.2) is 0 Å². The Hall–Kier alpha value is -5.20. The van der Waals surface area contributed by atoms with Gasteiger partial charge in [-0.1, -0.05) is 146 Å². The molecule has 7 aromatic rings. The summed E-state index contributed by atoms with van der Waals surface area (Å²) >= 11 is 0. The van der Waals surface area contributed by atoms with Crippen molar-refractivity contribution in [2.75, 3.05) is 0 Å². The lowest BCUT2D eigenvalue weighted by molar-refractivity contribution is 1.34. The third-order valence-electron chi connectivity index (χ3n) is 8.84. The molecule has 0 radical (unpaired) electrons.